The summed E-state index contributed by atoms with van der Waals surface area (Å²) in [5, 5.41) is 5.95. The molecule has 0 spiro atoms. The van der Waals surface area contributed by atoms with Gasteiger partial charge in [-0.3, -0.25) is 4.79 Å². The molecule has 1 saturated carbocycles. The molecule has 1 heterocycles. The third-order valence-corrected chi connectivity index (χ3v) is 6.25. The van der Waals surface area contributed by atoms with Crippen molar-refractivity contribution in [3.05, 3.63) is 35.3 Å². The maximum absolute atomic E-state index is 12.7. The van der Waals surface area contributed by atoms with Gasteiger partial charge in [-0.15, -0.1) is 11.3 Å². The van der Waals surface area contributed by atoms with Gasteiger partial charge in [-0.05, 0) is 38.1 Å². The van der Waals surface area contributed by atoms with Gasteiger partial charge in [-0.2, -0.15) is 0 Å². The molecule has 5 nitrogen and oxygen atoms in total. The van der Waals surface area contributed by atoms with Crippen LogP contribution in [0.25, 0.3) is 10.6 Å². The largest absolute Gasteiger partial charge is 0.378 e. The fourth-order valence-electron chi connectivity index (χ4n) is 3.25. The molecule has 2 aromatic rings. The Hall–Kier alpha value is -1.76. The van der Waals surface area contributed by atoms with Gasteiger partial charge in [0, 0.05) is 40.8 Å². The molecule has 2 unspecified atom stereocenters. The Kier molecular flexibility index (Phi) is 4.70. The number of hydrogen-bond donors (Lipinski definition) is 2. The van der Waals surface area contributed by atoms with E-state index in [0.717, 1.165) is 22.0 Å². The van der Waals surface area contributed by atoms with Crippen molar-refractivity contribution < 1.29 is 9.53 Å². The van der Waals surface area contributed by atoms with Crippen molar-refractivity contribution in [3.63, 3.8) is 0 Å². The number of rotatable bonds is 5. The van der Waals surface area contributed by atoms with Crippen LogP contribution in [0.5, 0.6) is 0 Å². The zero-order valence-corrected chi connectivity index (χ0v) is 15.9. The van der Waals surface area contributed by atoms with Gasteiger partial charge in [-0.1, -0.05) is 13.8 Å². The minimum absolute atomic E-state index is 0.0174. The highest BCUT2D eigenvalue weighted by atomic mass is 32.1. The van der Waals surface area contributed by atoms with Crippen LogP contribution in [0.3, 0.4) is 0 Å². The zero-order chi connectivity index (χ0) is 18.2. The van der Waals surface area contributed by atoms with E-state index in [4.69, 9.17) is 10.5 Å². The van der Waals surface area contributed by atoms with Crippen LogP contribution in [0.1, 0.15) is 32.9 Å². The van der Waals surface area contributed by atoms with Crippen molar-refractivity contribution in [1.82, 2.24) is 4.98 Å². The van der Waals surface area contributed by atoms with Gasteiger partial charge in [0.15, 0.2) is 0 Å². The van der Waals surface area contributed by atoms with E-state index in [0.29, 0.717) is 13.0 Å². The average molecular weight is 359 g/mol. The van der Waals surface area contributed by atoms with E-state index in [9.17, 15) is 4.79 Å². The molecule has 1 aliphatic rings. The van der Waals surface area contributed by atoms with Crippen LogP contribution < -0.4 is 11.1 Å². The fourth-order valence-corrected chi connectivity index (χ4v) is 4.05. The first-order chi connectivity index (χ1) is 11.8. The summed E-state index contributed by atoms with van der Waals surface area (Å²) >= 11 is 1.61. The van der Waals surface area contributed by atoms with Crippen LogP contribution in [0.4, 0.5) is 5.69 Å². The number of aryl methyl sites for hydroxylation is 1. The molecule has 2 atom stereocenters. The van der Waals surface area contributed by atoms with Crippen molar-refractivity contribution in [3.8, 4) is 10.6 Å². The van der Waals surface area contributed by atoms with Crippen LogP contribution in [-0.4, -0.2) is 29.1 Å². The third kappa shape index (κ3) is 3.10. The number of aromatic nitrogens is 1. The zero-order valence-electron chi connectivity index (χ0n) is 15.1. The Morgan fingerprint density at radius 1 is 1.40 bits per heavy atom. The number of nitrogens with two attached hydrogens (primary N) is 1. The van der Waals surface area contributed by atoms with Crippen LogP contribution in [-0.2, 0) is 9.53 Å². The lowest BCUT2D eigenvalue weighted by Gasteiger charge is -2.57. The van der Waals surface area contributed by atoms with Gasteiger partial charge in [0.25, 0.3) is 0 Å². The van der Waals surface area contributed by atoms with E-state index < -0.39 is 11.0 Å². The average Bonchev–Trinajstić information content (AvgIpc) is 3.01. The molecular formula is C19H25N3O2S. The number of nitrogens with zero attached hydrogens (tertiary/aromatic N) is 1. The quantitative estimate of drug-likeness (QED) is 0.855. The van der Waals surface area contributed by atoms with Crippen LogP contribution in [0.2, 0.25) is 0 Å². The topological polar surface area (TPSA) is 77.2 Å². The Balaban J connectivity index is 1.69. The first-order valence-corrected chi connectivity index (χ1v) is 9.40. The Morgan fingerprint density at radius 3 is 2.60 bits per heavy atom. The number of carbonyl (C=O) groups excluding carboxylic acids is 1. The van der Waals surface area contributed by atoms with E-state index in [2.05, 4.69) is 10.3 Å². The molecule has 0 saturated heterocycles. The van der Waals surface area contributed by atoms with Crippen molar-refractivity contribution in [1.29, 1.82) is 0 Å². The molecule has 1 fully saturated rings. The molecule has 3 rings (SSSR count). The second-order valence-electron chi connectivity index (χ2n) is 7.17. The lowest BCUT2D eigenvalue weighted by Crippen LogP contribution is -2.74. The highest BCUT2D eigenvalue weighted by molar-refractivity contribution is 7.13. The predicted molar refractivity (Wildman–Crippen MR) is 102 cm³/mol. The first-order valence-electron chi connectivity index (χ1n) is 8.52. The third-order valence-electron chi connectivity index (χ3n) is 5.24. The number of benzene rings is 1. The molecule has 0 radical (unpaired) electrons. The molecule has 3 N–H and O–H groups in total. The summed E-state index contributed by atoms with van der Waals surface area (Å²) in [4.78, 5) is 17.2. The molecule has 1 amide bonds. The first kappa shape index (κ1) is 18.0. The van der Waals surface area contributed by atoms with Gasteiger partial charge >= 0.3 is 0 Å². The maximum atomic E-state index is 12.7. The van der Waals surface area contributed by atoms with E-state index in [1.807, 2.05) is 57.3 Å². The highest BCUT2D eigenvalue weighted by Crippen LogP contribution is 2.50. The van der Waals surface area contributed by atoms with Gasteiger partial charge in [0.2, 0.25) is 5.91 Å². The van der Waals surface area contributed by atoms with Gasteiger partial charge < -0.3 is 15.8 Å². The predicted octanol–water partition coefficient (Wildman–Crippen LogP) is 3.59. The Labute approximate surface area is 152 Å². The number of thiazole rings is 1. The second-order valence-corrected chi connectivity index (χ2v) is 8.02. The summed E-state index contributed by atoms with van der Waals surface area (Å²) < 4.78 is 5.69. The Morgan fingerprint density at radius 2 is 2.08 bits per heavy atom. The molecule has 1 aromatic carbocycles. The van der Waals surface area contributed by atoms with Crippen LogP contribution in [0, 0.1) is 12.3 Å². The van der Waals surface area contributed by atoms with Crippen LogP contribution in [0.15, 0.2) is 29.6 Å². The summed E-state index contributed by atoms with van der Waals surface area (Å²) in [7, 11) is 0. The SMILES string of the molecule is CCOC1CC(N)(C(=O)Nc2ccc(-c3nc(C)cs3)cc2)C1(C)C. The van der Waals surface area contributed by atoms with Gasteiger partial charge in [0.1, 0.15) is 10.5 Å². The minimum Gasteiger partial charge on any atom is -0.378 e. The van der Waals surface area contributed by atoms with Crippen molar-refractivity contribution >= 4 is 22.9 Å². The standard InChI is InChI=1S/C19H25N3O2S/c1-5-24-15-10-19(20,18(15,3)4)17(23)22-14-8-6-13(7-9-14)16-21-12(2)11-25-16/h6-9,11,15H,5,10,20H2,1-4H3,(H,22,23). The minimum atomic E-state index is -0.919. The monoisotopic (exact) mass is 359 g/mol. The van der Waals surface area contributed by atoms with Crippen molar-refractivity contribution in [2.24, 2.45) is 11.1 Å². The van der Waals surface area contributed by atoms with E-state index in [-0.39, 0.29) is 12.0 Å². The highest BCUT2D eigenvalue weighted by Gasteiger charge is 2.62. The molecule has 0 bridgehead atoms. The summed E-state index contributed by atoms with van der Waals surface area (Å²) in [6, 6.07) is 7.70. The number of nitrogens with one attached hydrogen (secondary N) is 1. The summed E-state index contributed by atoms with van der Waals surface area (Å²) in [6.07, 6.45) is 0.555. The molecule has 1 aromatic heterocycles. The smallest absolute Gasteiger partial charge is 0.245 e. The van der Waals surface area contributed by atoms with Gasteiger partial charge in [0.05, 0.1) is 6.10 Å². The number of carbonyl (C=O) groups is 1. The van der Waals surface area contributed by atoms with Crippen molar-refractivity contribution in [2.75, 3.05) is 11.9 Å². The number of ether oxygens (including phenoxy) is 1. The molecule has 6 heteroatoms. The lowest BCUT2D eigenvalue weighted by molar-refractivity contribution is -0.166. The fraction of sp³-hybridized carbons (Fsp3) is 0.474. The molecule has 1 aliphatic carbocycles. The summed E-state index contributed by atoms with van der Waals surface area (Å²) in [5.74, 6) is -0.161. The molecule has 0 aliphatic heterocycles. The maximum Gasteiger partial charge on any atom is 0.245 e. The van der Waals surface area contributed by atoms with Gasteiger partial charge in [-0.25, -0.2) is 4.98 Å². The lowest BCUT2D eigenvalue weighted by atomic mass is 9.54. The second kappa shape index (κ2) is 6.52. The number of amides is 1. The van der Waals surface area contributed by atoms with Crippen LogP contribution >= 0.6 is 11.3 Å². The Bertz CT molecular complexity index is 769. The van der Waals surface area contributed by atoms with E-state index in [1.165, 1.54) is 0 Å². The van der Waals surface area contributed by atoms with E-state index >= 15 is 0 Å². The van der Waals surface area contributed by atoms with E-state index in [1.54, 1.807) is 11.3 Å². The van der Waals surface area contributed by atoms with Crippen molar-refractivity contribution in [2.45, 2.75) is 45.8 Å². The molecule has 134 valence electrons. The molecule has 25 heavy (non-hydrogen) atoms. The summed E-state index contributed by atoms with van der Waals surface area (Å²) in [6.45, 7) is 8.54. The number of hydrogen-bond acceptors (Lipinski definition) is 5. The summed E-state index contributed by atoms with van der Waals surface area (Å²) in [5.41, 5.74) is 7.89. The molecular weight excluding hydrogens is 334 g/mol. The number of anilines is 1. The normalized spacial score (nSPS) is 24.6.